The lowest BCUT2D eigenvalue weighted by Crippen LogP contribution is -2.28. The van der Waals surface area contributed by atoms with Gasteiger partial charge in [-0.15, -0.1) is 0 Å². The fraction of sp³-hybridized carbons (Fsp3) is 0.235. The predicted molar refractivity (Wildman–Crippen MR) is 81.7 cm³/mol. The van der Waals surface area contributed by atoms with Crippen LogP contribution < -0.4 is 10.1 Å². The quantitative estimate of drug-likeness (QED) is 0.880. The van der Waals surface area contributed by atoms with Crippen molar-refractivity contribution in [2.45, 2.75) is 12.3 Å². The number of ether oxygens (including phenoxy) is 1. The smallest absolute Gasteiger partial charge is 0.416 e. The molecule has 24 heavy (non-hydrogen) atoms. The molecular weight excluding hydrogens is 323 g/mol. The van der Waals surface area contributed by atoms with E-state index < -0.39 is 23.8 Å². The van der Waals surface area contributed by atoms with Crippen molar-refractivity contribution in [2.24, 2.45) is 0 Å². The van der Waals surface area contributed by atoms with Crippen molar-refractivity contribution in [3.63, 3.8) is 0 Å². The highest BCUT2D eigenvalue weighted by Gasteiger charge is 2.30. The van der Waals surface area contributed by atoms with Gasteiger partial charge in [-0.25, -0.2) is 0 Å². The largest absolute Gasteiger partial charge is 0.497 e. The molecule has 0 bridgehead atoms. The molecule has 0 spiro atoms. The highest BCUT2D eigenvalue weighted by Crippen LogP contribution is 2.30. The Morgan fingerprint density at radius 1 is 1.21 bits per heavy atom. The number of amides is 1. The van der Waals surface area contributed by atoms with E-state index in [0.29, 0.717) is 11.3 Å². The zero-order valence-electron chi connectivity index (χ0n) is 12.8. The molecule has 2 N–H and O–H groups in total. The highest BCUT2D eigenvalue weighted by molar-refractivity contribution is 5.94. The number of carbonyl (C=O) groups is 1. The first-order chi connectivity index (χ1) is 11.3. The third-order valence-electron chi connectivity index (χ3n) is 3.39. The molecule has 128 valence electrons. The molecule has 2 rings (SSSR count). The second-order valence-corrected chi connectivity index (χ2v) is 5.08. The molecule has 1 amide bonds. The average molecular weight is 339 g/mol. The molecule has 2 aromatic rings. The molecule has 0 radical (unpaired) electrons. The van der Waals surface area contributed by atoms with Crippen LogP contribution in [0.3, 0.4) is 0 Å². The number of methoxy groups -OCH3 is 1. The van der Waals surface area contributed by atoms with Gasteiger partial charge in [-0.3, -0.25) is 4.79 Å². The minimum Gasteiger partial charge on any atom is -0.497 e. The monoisotopic (exact) mass is 339 g/mol. The molecule has 0 saturated heterocycles. The number of aliphatic hydroxyl groups excluding tert-OH is 1. The van der Waals surface area contributed by atoms with E-state index in [4.69, 9.17) is 4.74 Å². The Balaban J connectivity index is 2.02. The fourth-order valence-corrected chi connectivity index (χ4v) is 2.10. The first kappa shape index (κ1) is 17.8. The van der Waals surface area contributed by atoms with Crippen LogP contribution in [0.1, 0.15) is 27.6 Å². The van der Waals surface area contributed by atoms with Crippen LogP contribution in [0.5, 0.6) is 5.75 Å². The van der Waals surface area contributed by atoms with Gasteiger partial charge in [0, 0.05) is 12.1 Å². The van der Waals surface area contributed by atoms with Crippen molar-refractivity contribution < 1.29 is 27.8 Å². The number of rotatable bonds is 5. The molecule has 0 aliphatic rings. The van der Waals surface area contributed by atoms with Crippen molar-refractivity contribution in [2.75, 3.05) is 13.7 Å². The topological polar surface area (TPSA) is 58.6 Å². The van der Waals surface area contributed by atoms with Crippen LogP contribution in [0.25, 0.3) is 0 Å². The average Bonchev–Trinajstić information content (AvgIpc) is 2.58. The van der Waals surface area contributed by atoms with E-state index in [1.54, 1.807) is 18.2 Å². The molecule has 4 nitrogen and oxygen atoms in total. The summed E-state index contributed by atoms with van der Waals surface area (Å²) in [5.74, 6) is 0.0426. The van der Waals surface area contributed by atoms with E-state index in [0.717, 1.165) is 12.1 Å². The molecule has 0 aromatic heterocycles. The van der Waals surface area contributed by atoms with Crippen molar-refractivity contribution in [1.82, 2.24) is 5.32 Å². The van der Waals surface area contributed by atoms with Crippen LogP contribution in [0.15, 0.2) is 48.5 Å². The van der Waals surface area contributed by atoms with Gasteiger partial charge >= 0.3 is 6.18 Å². The molecule has 0 saturated carbocycles. The maximum atomic E-state index is 12.7. The summed E-state index contributed by atoms with van der Waals surface area (Å²) in [6.45, 7) is -0.211. The molecule has 0 heterocycles. The summed E-state index contributed by atoms with van der Waals surface area (Å²) in [5, 5.41) is 12.5. The molecule has 1 atom stereocenters. The van der Waals surface area contributed by atoms with Crippen molar-refractivity contribution in [3.8, 4) is 5.75 Å². The van der Waals surface area contributed by atoms with Crippen LogP contribution in [-0.2, 0) is 6.18 Å². The summed E-state index contributed by atoms with van der Waals surface area (Å²) in [6.07, 6.45) is -5.73. The van der Waals surface area contributed by atoms with Gasteiger partial charge in [0.2, 0.25) is 0 Å². The molecule has 0 unspecified atom stereocenters. The zero-order chi connectivity index (χ0) is 17.7. The minimum absolute atomic E-state index is 0.0794. The minimum atomic E-state index is -4.49. The van der Waals surface area contributed by atoms with Crippen LogP contribution in [-0.4, -0.2) is 24.7 Å². The number of hydrogen-bond donors (Lipinski definition) is 2. The van der Waals surface area contributed by atoms with E-state index in [1.807, 2.05) is 0 Å². The summed E-state index contributed by atoms with van der Waals surface area (Å²) >= 11 is 0. The van der Waals surface area contributed by atoms with Gasteiger partial charge in [-0.1, -0.05) is 18.2 Å². The van der Waals surface area contributed by atoms with Crippen LogP contribution in [0, 0.1) is 0 Å². The van der Waals surface area contributed by atoms with Crippen LogP contribution in [0.4, 0.5) is 13.2 Å². The third-order valence-corrected chi connectivity index (χ3v) is 3.39. The van der Waals surface area contributed by atoms with E-state index in [2.05, 4.69) is 5.32 Å². The van der Waals surface area contributed by atoms with E-state index in [9.17, 15) is 23.1 Å². The van der Waals surface area contributed by atoms with Crippen LogP contribution in [0.2, 0.25) is 0 Å². The Morgan fingerprint density at radius 3 is 2.58 bits per heavy atom. The zero-order valence-corrected chi connectivity index (χ0v) is 12.8. The lowest BCUT2D eigenvalue weighted by atomic mass is 10.1. The summed E-state index contributed by atoms with van der Waals surface area (Å²) < 4.78 is 43.0. The Bertz CT molecular complexity index is 716. The summed E-state index contributed by atoms with van der Waals surface area (Å²) in [7, 11) is 1.47. The lowest BCUT2D eigenvalue weighted by molar-refractivity contribution is -0.137. The predicted octanol–water partition coefficient (Wildman–Crippen LogP) is 3.18. The van der Waals surface area contributed by atoms with Crippen LogP contribution >= 0.6 is 0 Å². The number of alkyl halides is 3. The second kappa shape index (κ2) is 7.35. The first-order valence-electron chi connectivity index (χ1n) is 7.08. The van der Waals surface area contributed by atoms with Gasteiger partial charge in [0.25, 0.3) is 5.91 Å². The highest BCUT2D eigenvalue weighted by atomic mass is 19.4. The normalized spacial score (nSPS) is 12.5. The van der Waals surface area contributed by atoms with Gasteiger partial charge in [0.05, 0.1) is 18.8 Å². The summed E-state index contributed by atoms with van der Waals surface area (Å²) in [5.41, 5.74) is -0.445. The second-order valence-electron chi connectivity index (χ2n) is 5.08. The number of nitrogens with one attached hydrogen (secondary N) is 1. The molecule has 2 aromatic carbocycles. The van der Waals surface area contributed by atoms with Gasteiger partial charge in [0.15, 0.2) is 0 Å². The fourth-order valence-electron chi connectivity index (χ4n) is 2.10. The standard InChI is InChI=1S/C17H16F3NO3/c1-24-14-7-3-5-12(9-14)16(23)21-10-15(22)11-4-2-6-13(8-11)17(18,19)20/h2-9,15,22H,10H2,1H3,(H,21,23)/t15-/m0/s1. The molecule has 7 heteroatoms. The maximum absolute atomic E-state index is 12.7. The van der Waals surface area contributed by atoms with Crippen molar-refractivity contribution in [3.05, 3.63) is 65.2 Å². The summed E-state index contributed by atoms with van der Waals surface area (Å²) in [4.78, 5) is 12.0. The third kappa shape index (κ3) is 4.48. The first-order valence-corrected chi connectivity index (χ1v) is 7.08. The number of carbonyl (C=O) groups excluding carboxylic acids is 1. The van der Waals surface area contributed by atoms with Gasteiger partial charge in [-0.2, -0.15) is 13.2 Å². The van der Waals surface area contributed by atoms with E-state index in [-0.39, 0.29) is 12.1 Å². The van der Waals surface area contributed by atoms with Gasteiger partial charge in [-0.05, 0) is 35.9 Å². The van der Waals surface area contributed by atoms with E-state index in [1.165, 1.54) is 25.3 Å². The maximum Gasteiger partial charge on any atom is 0.416 e. The van der Waals surface area contributed by atoms with Gasteiger partial charge < -0.3 is 15.2 Å². The Morgan fingerprint density at radius 2 is 1.92 bits per heavy atom. The lowest BCUT2D eigenvalue weighted by Gasteiger charge is -2.14. The van der Waals surface area contributed by atoms with Crippen molar-refractivity contribution in [1.29, 1.82) is 0 Å². The molecule has 0 fully saturated rings. The summed E-state index contributed by atoms with van der Waals surface area (Å²) in [6, 6.07) is 10.8. The Kier molecular flexibility index (Phi) is 5.46. The number of hydrogen-bond acceptors (Lipinski definition) is 3. The molecule has 0 aliphatic carbocycles. The van der Waals surface area contributed by atoms with Crippen molar-refractivity contribution >= 4 is 5.91 Å². The van der Waals surface area contributed by atoms with Gasteiger partial charge in [0.1, 0.15) is 5.75 Å². The number of benzene rings is 2. The number of halogens is 3. The Hall–Kier alpha value is -2.54. The SMILES string of the molecule is COc1cccc(C(=O)NC[C@H](O)c2cccc(C(F)(F)F)c2)c1. The Labute approximate surface area is 136 Å². The molecular formula is C17H16F3NO3. The van der Waals surface area contributed by atoms with E-state index >= 15 is 0 Å². The molecule has 0 aliphatic heterocycles. The number of aliphatic hydroxyl groups is 1.